The summed E-state index contributed by atoms with van der Waals surface area (Å²) in [4.78, 5) is 0. The van der Waals surface area contributed by atoms with Crippen molar-refractivity contribution < 1.29 is 9.13 Å². The summed E-state index contributed by atoms with van der Waals surface area (Å²) in [6, 6.07) is 21.9. The summed E-state index contributed by atoms with van der Waals surface area (Å²) in [5, 5.41) is 6.30. The molecule has 3 nitrogen and oxygen atoms in total. The summed E-state index contributed by atoms with van der Waals surface area (Å²) in [5.74, 6) is 0.825. The second-order valence-electron chi connectivity index (χ2n) is 8.46. The van der Waals surface area contributed by atoms with Crippen LogP contribution in [0.2, 0.25) is 0 Å². The SMILES string of the molecule is C[n+]1ccc(-c2cc[n+](-c3ccc(NCC4CCCC4)c4ccccc34)cc2)cc1. The van der Waals surface area contributed by atoms with Gasteiger partial charge < -0.3 is 5.32 Å². The lowest BCUT2D eigenvalue weighted by atomic mass is 10.0. The summed E-state index contributed by atoms with van der Waals surface area (Å²) in [7, 11) is 2.04. The highest BCUT2D eigenvalue weighted by molar-refractivity contribution is 5.98. The lowest BCUT2D eigenvalue weighted by molar-refractivity contribution is -0.671. The van der Waals surface area contributed by atoms with E-state index in [1.54, 1.807) is 0 Å². The number of hydrogen-bond donors (Lipinski definition) is 1. The predicted octanol–water partition coefficient (Wildman–Crippen LogP) is 5.21. The van der Waals surface area contributed by atoms with Gasteiger partial charge in [-0.1, -0.05) is 31.0 Å². The third-order valence-electron chi connectivity index (χ3n) is 6.38. The van der Waals surface area contributed by atoms with E-state index in [1.165, 1.54) is 59.0 Å². The van der Waals surface area contributed by atoms with Gasteiger partial charge in [0.25, 0.3) is 0 Å². The molecule has 1 aliphatic carbocycles. The molecule has 1 saturated carbocycles. The quantitative estimate of drug-likeness (QED) is 0.460. The Morgan fingerprint density at radius 2 is 1.40 bits per heavy atom. The number of rotatable bonds is 5. The van der Waals surface area contributed by atoms with E-state index in [0.717, 1.165) is 12.5 Å². The smallest absolute Gasteiger partial charge is 0.218 e. The fraction of sp³-hybridized carbons (Fsp3) is 0.259. The number of fused-ring (bicyclic) bond motifs is 1. The molecule has 2 heterocycles. The Kier molecular flexibility index (Phi) is 5.18. The molecule has 0 atom stereocenters. The molecule has 2 aromatic heterocycles. The van der Waals surface area contributed by atoms with Crippen LogP contribution in [0.4, 0.5) is 5.69 Å². The van der Waals surface area contributed by atoms with Gasteiger partial charge in [0.05, 0.1) is 5.39 Å². The highest BCUT2D eigenvalue weighted by Crippen LogP contribution is 2.29. The zero-order valence-electron chi connectivity index (χ0n) is 17.6. The molecule has 0 aliphatic heterocycles. The zero-order chi connectivity index (χ0) is 20.3. The Morgan fingerprint density at radius 1 is 0.767 bits per heavy atom. The highest BCUT2D eigenvalue weighted by Gasteiger charge is 2.17. The monoisotopic (exact) mass is 395 g/mol. The Morgan fingerprint density at radius 3 is 2.10 bits per heavy atom. The highest BCUT2D eigenvalue weighted by atomic mass is 14.9. The molecular formula is C27H29N3+2. The van der Waals surface area contributed by atoms with E-state index in [0.29, 0.717) is 0 Å². The number of anilines is 1. The molecule has 5 rings (SSSR count). The first kappa shape index (κ1) is 18.8. The van der Waals surface area contributed by atoms with Crippen LogP contribution < -0.4 is 14.5 Å². The molecule has 0 bridgehead atoms. The number of hydrogen-bond acceptors (Lipinski definition) is 1. The van der Waals surface area contributed by atoms with Gasteiger partial charge in [0.15, 0.2) is 24.8 Å². The van der Waals surface area contributed by atoms with Crippen molar-refractivity contribution in [1.82, 2.24) is 0 Å². The Labute approximate surface area is 178 Å². The van der Waals surface area contributed by atoms with Crippen LogP contribution in [0, 0.1) is 5.92 Å². The average Bonchev–Trinajstić information content (AvgIpc) is 3.32. The maximum Gasteiger partial charge on any atom is 0.218 e. The van der Waals surface area contributed by atoms with Gasteiger partial charge >= 0.3 is 0 Å². The number of nitrogens with one attached hydrogen (secondary N) is 1. The van der Waals surface area contributed by atoms with Crippen LogP contribution >= 0.6 is 0 Å². The Bertz CT molecular complexity index is 1140. The van der Waals surface area contributed by atoms with E-state index < -0.39 is 0 Å². The van der Waals surface area contributed by atoms with E-state index in [9.17, 15) is 0 Å². The largest absolute Gasteiger partial charge is 0.384 e. The van der Waals surface area contributed by atoms with E-state index in [2.05, 4.69) is 99.9 Å². The average molecular weight is 396 g/mol. The van der Waals surface area contributed by atoms with Crippen LogP contribution in [-0.2, 0) is 7.05 Å². The van der Waals surface area contributed by atoms with Gasteiger partial charge in [-0.3, -0.25) is 0 Å². The number of nitrogens with zero attached hydrogens (tertiary/aromatic N) is 2. The maximum absolute atomic E-state index is 3.73. The molecule has 1 fully saturated rings. The molecule has 0 spiro atoms. The fourth-order valence-electron chi connectivity index (χ4n) is 4.60. The molecule has 150 valence electrons. The molecule has 1 aliphatic rings. The van der Waals surface area contributed by atoms with E-state index in [1.807, 2.05) is 7.05 Å². The number of pyridine rings is 2. The minimum absolute atomic E-state index is 0.825. The summed E-state index contributed by atoms with van der Waals surface area (Å²) in [6.45, 7) is 1.08. The fourth-order valence-corrected chi connectivity index (χ4v) is 4.60. The van der Waals surface area contributed by atoms with Gasteiger partial charge in [0.2, 0.25) is 5.69 Å². The van der Waals surface area contributed by atoms with Gasteiger partial charge in [-0.15, -0.1) is 0 Å². The summed E-state index contributed by atoms with van der Waals surface area (Å²) < 4.78 is 4.27. The van der Waals surface area contributed by atoms with Crippen LogP contribution in [-0.4, -0.2) is 6.54 Å². The van der Waals surface area contributed by atoms with E-state index in [4.69, 9.17) is 0 Å². The molecular weight excluding hydrogens is 366 g/mol. The van der Waals surface area contributed by atoms with Gasteiger partial charge in [0.1, 0.15) is 7.05 Å². The number of aromatic nitrogens is 2. The molecule has 4 aromatic rings. The molecule has 1 N–H and O–H groups in total. The third-order valence-corrected chi connectivity index (χ3v) is 6.38. The summed E-state index contributed by atoms with van der Waals surface area (Å²) >= 11 is 0. The van der Waals surface area contributed by atoms with E-state index >= 15 is 0 Å². The molecule has 0 unspecified atom stereocenters. The first-order valence-electron chi connectivity index (χ1n) is 11.0. The summed E-state index contributed by atoms with van der Waals surface area (Å²) in [6.07, 6.45) is 14.0. The van der Waals surface area contributed by atoms with Crippen LogP contribution in [0.1, 0.15) is 25.7 Å². The van der Waals surface area contributed by atoms with Crippen molar-refractivity contribution in [2.75, 3.05) is 11.9 Å². The van der Waals surface area contributed by atoms with Crippen molar-refractivity contribution in [1.29, 1.82) is 0 Å². The zero-order valence-corrected chi connectivity index (χ0v) is 17.6. The van der Waals surface area contributed by atoms with Gasteiger partial charge in [-0.2, -0.15) is 4.57 Å². The van der Waals surface area contributed by atoms with E-state index in [-0.39, 0.29) is 0 Å². The predicted molar refractivity (Wildman–Crippen MR) is 123 cm³/mol. The minimum atomic E-state index is 0.825. The van der Waals surface area contributed by atoms with Crippen LogP contribution in [0.25, 0.3) is 27.6 Å². The van der Waals surface area contributed by atoms with Gasteiger partial charge in [0, 0.05) is 48.0 Å². The van der Waals surface area contributed by atoms with Gasteiger partial charge in [-0.25, -0.2) is 4.57 Å². The molecule has 0 amide bonds. The van der Waals surface area contributed by atoms with Crippen LogP contribution in [0.15, 0.2) is 85.5 Å². The lowest BCUT2D eigenvalue weighted by Crippen LogP contribution is -2.29. The molecule has 0 radical (unpaired) electrons. The van der Waals surface area contributed by atoms with Gasteiger partial charge in [-0.05, 0) is 42.0 Å². The topological polar surface area (TPSA) is 19.8 Å². The van der Waals surface area contributed by atoms with Crippen molar-refractivity contribution in [3.8, 4) is 16.8 Å². The minimum Gasteiger partial charge on any atom is -0.384 e. The maximum atomic E-state index is 3.73. The molecule has 2 aromatic carbocycles. The number of aryl methyl sites for hydroxylation is 1. The first-order valence-corrected chi connectivity index (χ1v) is 11.0. The normalized spacial score (nSPS) is 14.3. The Balaban J connectivity index is 1.45. The molecule has 0 saturated heterocycles. The summed E-state index contributed by atoms with van der Waals surface area (Å²) in [5.41, 5.74) is 4.92. The van der Waals surface area contributed by atoms with Crippen molar-refractivity contribution >= 4 is 16.5 Å². The first-order chi connectivity index (χ1) is 14.8. The second kappa shape index (κ2) is 8.27. The second-order valence-corrected chi connectivity index (χ2v) is 8.46. The Hall–Kier alpha value is -3.20. The van der Waals surface area contributed by atoms with Crippen LogP contribution in [0.3, 0.4) is 0 Å². The molecule has 30 heavy (non-hydrogen) atoms. The number of benzene rings is 2. The van der Waals surface area contributed by atoms with Crippen molar-refractivity contribution in [3.05, 3.63) is 85.5 Å². The molecule has 3 heteroatoms. The van der Waals surface area contributed by atoms with Crippen molar-refractivity contribution in [2.24, 2.45) is 13.0 Å². The van der Waals surface area contributed by atoms with Crippen LogP contribution in [0.5, 0.6) is 0 Å². The van der Waals surface area contributed by atoms with Crippen molar-refractivity contribution in [2.45, 2.75) is 25.7 Å². The lowest BCUT2D eigenvalue weighted by Gasteiger charge is -2.14. The third kappa shape index (κ3) is 3.80. The standard InChI is InChI=1S/C27H28N3/c1-29-16-12-22(13-17-29)23-14-18-30(19-15-23)27-11-10-26(24-8-4-5-9-25(24)27)28-20-21-6-2-3-7-21/h4-5,8-19,21H,2-3,6-7,20H2,1H3/q+1/p+1. The van der Waals surface area contributed by atoms with Crippen molar-refractivity contribution in [3.63, 3.8) is 0 Å².